The Labute approximate surface area is 108 Å². The molecule has 0 amide bonds. The van der Waals surface area contributed by atoms with Gasteiger partial charge in [0.1, 0.15) is 4.21 Å². The average Bonchev–Trinajstić information content (AvgIpc) is 2.80. The van der Waals surface area contributed by atoms with Crippen molar-refractivity contribution >= 4 is 27.3 Å². The number of nitrogens with one attached hydrogen (secondary N) is 1. The zero-order valence-corrected chi connectivity index (χ0v) is 11.4. The number of sulfonamides is 1. The third kappa shape index (κ3) is 3.75. The predicted octanol–water partition coefficient (Wildman–Crippen LogP) is 0.344. The summed E-state index contributed by atoms with van der Waals surface area (Å²) in [5.74, 6) is -1.17. The lowest BCUT2D eigenvalue weighted by atomic mass is 10.4. The SMILES string of the molecule is COC(CNS(=O)(=O)c1cc(C(=O)O)cs1)OC. The number of rotatable bonds is 7. The number of hydrogen-bond acceptors (Lipinski definition) is 6. The quantitative estimate of drug-likeness (QED) is 0.703. The van der Waals surface area contributed by atoms with Crippen LogP contribution in [-0.4, -0.2) is 46.5 Å². The molecule has 1 aromatic heterocycles. The molecule has 18 heavy (non-hydrogen) atoms. The molecular formula is C9H13NO6S2. The van der Waals surface area contributed by atoms with Crippen LogP contribution in [0.1, 0.15) is 10.4 Å². The lowest BCUT2D eigenvalue weighted by Gasteiger charge is -2.13. The van der Waals surface area contributed by atoms with Crippen molar-refractivity contribution in [2.45, 2.75) is 10.5 Å². The molecule has 1 aromatic rings. The van der Waals surface area contributed by atoms with E-state index < -0.39 is 22.3 Å². The first-order chi connectivity index (χ1) is 8.40. The second kappa shape index (κ2) is 6.25. The van der Waals surface area contributed by atoms with Crippen molar-refractivity contribution in [1.82, 2.24) is 4.72 Å². The van der Waals surface area contributed by atoms with Gasteiger partial charge in [-0.2, -0.15) is 0 Å². The number of thiophene rings is 1. The van der Waals surface area contributed by atoms with Gasteiger partial charge in [0.2, 0.25) is 10.0 Å². The Kier molecular flexibility index (Phi) is 5.23. The van der Waals surface area contributed by atoms with Gasteiger partial charge < -0.3 is 14.6 Å². The van der Waals surface area contributed by atoms with Crippen LogP contribution in [0.2, 0.25) is 0 Å². The molecule has 0 aliphatic rings. The van der Waals surface area contributed by atoms with Crippen molar-refractivity contribution in [3.05, 3.63) is 17.0 Å². The van der Waals surface area contributed by atoms with E-state index in [9.17, 15) is 13.2 Å². The number of carboxylic acid groups (broad SMARTS) is 1. The van der Waals surface area contributed by atoms with Crippen LogP contribution in [0, 0.1) is 0 Å². The summed E-state index contributed by atoms with van der Waals surface area (Å²) in [6.45, 7) is -0.0599. The summed E-state index contributed by atoms with van der Waals surface area (Å²) in [5, 5.41) is 9.97. The van der Waals surface area contributed by atoms with Gasteiger partial charge in [-0.25, -0.2) is 17.9 Å². The molecule has 0 aliphatic carbocycles. The lowest BCUT2D eigenvalue weighted by molar-refractivity contribution is -0.0960. The number of carbonyl (C=O) groups is 1. The zero-order chi connectivity index (χ0) is 13.8. The van der Waals surface area contributed by atoms with Crippen LogP contribution in [0.4, 0.5) is 0 Å². The number of hydrogen-bond donors (Lipinski definition) is 2. The molecule has 0 spiro atoms. The van der Waals surface area contributed by atoms with Gasteiger partial charge in [0.05, 0.1) is 12.1 Å². The largest absolute Gasteiger partial charge is 0.478 e. The van der Waals surface area contributed by atoms with E-state index in [0.29, 0.717) is 0 Å². The van der Waals surface area contributed by atoms with Crippen LogP contribution < -0.4 is 4.72 Å². The molecule has 1 rings (SSSR count). The van der Waals surface area contributed by atoms with E-state index in [-0.39, 0.29) is 16.3 Å². The highest BCUT2D eigenvalue weighted by Gasteiger charge is 2.20. The van der Waals surface area contributed by atoms with Gasteiger partial charge >= 0.3 is 5.97 Å². The minimum atomic E-state index is -3.74. The van der Waals surface area contributed by atoms with Crippen molar-refractivity contribution in [3.63, 3.8) is 0 Å². The van der Waals surface area contributed by atoms with Gasteiger partial charge in [-0.05, 0) is 6.07 Å². The van der Waals surface area contributed by atoms with E-state index >= 15 is 0 Å². The van der Waals surface area contributed by atoms with Gasteiger partial charge in [-0.3, -0.25) is 0 Å². The fourth-order valence-corrected chi connectivity index (χ4v) is 3.30. The van der Waals surface area contributed by atoms with Crippen molar-refractivity contribution in [1.29, 1.82) is 0 Å². The Morgan fingerprint density at radius 3 is 2.56 bits per heavy atom. The van der Waals surface area contributed by atoms with E-state index in [1.54, 1.807) is 0 Å². The third-order valence-electron chi connectivity index (χ3n) is 2.05. The highest BCUT2D eigenvalue weighted by molar-refractivity contribution is 7.91. The molecule has 0 saturated carbocycles. The van der Waals surface area contributed by atoms with Gasteiger partial charge in [0, 0.05) is 19.6 Å². The van der Waals surface area contributed by atoms with E-state index in [2.05, 4.69) is 4.72 Å². The van der Waals surface area contributed by atoms with Crippen molar-refractivity contribution in [2.24, 2.45) is 0 Å². The first kappa shape index (κ1) is 15.1. The van der Waals surface area contributed by atoms with Crippen molar-refractivity contribution in [2.75, 3.05) is 20.8 Å². The van der Waals surface area contributed by atoms with E-state index in [1.165, 1.54) is 19.6 Å². The Balaban J connectivity index is 2.76. The van der Waals surface area contributed by atoms with E-state index in [4.69, 9.17) is 14.6 Å². The van der Waals surface area contributed by atoms with Crippen LogP contribution in [0.25, 0.3) is 0 Å². The van der Waals surface area contributed by atoms with Crippen molar-refractivity contribution < 1.29 is 27.8 Å². The van der Waals surface area contributed by atoms with Crippen LogP contribution in [-0.2, 0) is 19.5 Å². The maximum atomic E-state index is 11.8. The Morgan fingerprint density at radius 2 is 2.11 bits per heavy atom. The molecule has 0 unspecified atom stereocenters. The fourth-order valence-electron chi connectivity index (χ4n) is 1.08. The summed E-state index contributed by atoms with van der Waals surface area (Å²) in [4.78, 5) is 10.7. The Hall–Kier alpha value is -1.00. The first-order valence-corrected chi connectivity index (χ1v) is 7.14. The number of aromatic carboxylic acids is 1. The lowest BCUT2D eigenvalue weighted by Crippen LogP contribution is -2.33. The second-order valence-electron chi connectivity index (χ2n) is 3.21. The van der Waals surface area contributed by atoms with E-state index in [0.717, 1.165) is 17.4 Å². The number of ether oxygens (including phenoxy) is 2. The molecule has 0 atom stereocenters. The first-order valence-electron chi connectivity index (χ1n) is 4.77. The molecule has 102 valence electrons. The standard InChI is InChI=1S/C9H13NO6S2/c1-15-7(16-2)4-10-18(13,14)8-3-6(5-17-8)9(11)12/h3,5,7,10H,4H2,1-2H3,(H,11,12). The molecule has 1 heterocycles. The Bertz CT molecular complexity index is 505. The summed E-state index contributed by atoms with van der Waals surface area (Å²) in [5.41, 5.74) is -0.0598. The van der Waals surface area contributed by atoms with Crippen LogP contribution >= 0.6 is 11.3 Å². The second-order valence-corrected chi connectivity index (χ2v) is 6.12. The summed E-state index contributed by atoms with van der Waals surface area (Å²) >= 11 is 0.839. The van der Waals surface area contributed by atoms with Crippen LogP contribution in [0.3, 0.4) is 0 Å². The molecule has 7 nitrogen and oxygen atoms in total. The minimum Gasteiger partial charge on any atom is -0.478 e. The predicted molar refractivity (Wildman–Crippen MR) is 64.3 cm³/mol. The molecule has 0 aromatic carbocycles. The molecule has 0 radical (unpaired) electrons. The summed E-state index contributed by atoms with van der Waals surface area (Å²) in [7, 11) is -0.973. The Morgan fingerprint density at radius 1 is 1.50 bits per heavy atom. The molecule has 9 heteroatoms. The molecule has 2 N–H and O–H groups in total. The molecule has 0 bridgehead atoms. The van der Waals surface area contributed by atoms with E-state index in [1.807, 2.05) is 0 Å². The summed E-state index contributed by atoms with van der Waals surface area (Å²) in [6, 6.07) is 1.10. The van der Waals surface area contributed by atoms with Crippen LogP contribution in [0.5, 0.6) is 0 Å². The number of methoxy groups -OCH3 is 2. The average molecular weight is 295 g/mol. The minimum absolute atomic E-state index is 0.0598. The number of carboxylic acids is 1. The molecule has 0 aliphatic heterocycles. The highest BCUT2D eigenvalue weighted by Crippen LogP contribution is 2.20. The zero-order valence-electron chi connectivity index (χ0n) is 9.74. The van der Waals surface area contributed by atoms with Gasteiger partial charge in [0.15, 0.2) is 6.29 Å². The topological polar surface area (TPSA) is 102 Å². The normalized spacial score (nSPS) is 11.9. The smallest absolute Gasteiger partial charge is 0.336 e. The van der Waals surface area contributed by atoms with Gasteiger partial charge in [-0.15, -0.1) is 11.3 Å². The van der Waals surface area contributed by atoms with Crippen LogP contribution in [0.15, 0.2) is 15.7 Å². The highest BCUT2D eigenvalue weighted by atomic mass is 32.2. The monoisotopic (exact) mass is 295 g/mol. The fraction of sp³-hybridized carbons (Fsp3) is 0.444. The summed E-state index contributed by atoms with van der Waals surface area (Å²) in [6.07, 6.45) is -0.696. The molecule has 0 saturated heterocycles. The third-order valence-corrected chi connectivity index (χ3v) is 4.92. The van der Waals surface area contributed by atoms with Gasteiger partial charge in [0.25, 0.3) is 0 Å². The maximum absolute atomic E-state index is 11.8. The maximum Gasteiger partial charge on any atom is 0.336 e. The summed E-state index contributed by atoms with van der Waals surface area (Å²) < 4.78 is 35.5. The van der Waals surface area contributed by atoms with Gasteiger partial charge in [-0.1, -0.05) is 0 Å². The molecular weight excluding hydrogens is 282 g/mol. The van der Waals surface area contributed by atoms with Crippen molar-refractivity contribution in [3.8, 4) is 0 Å². The molecule has 0 fully saturated rings.